The van der Waals surface area contributed by atoms with Crippen LogP contribution in [0.15, 0.2) is 6.20 Å². The SMILES string of the molecule is CNCC(C)OCc1cnc(C)s1. The smallest absolute Gasteiger partial charge is 0.0897 e. The lowest BCUT2D eigenvalue weighted by molar-refractivity contribution is 0.0560. The van der Waals surface area contributed by atoms with E-state index in [4.69, 9.17) is 4.74 Å². The number of thiazole rings is 1. The highest BCUT2D eigenvalue weighted by Gasteiger charge is 2.02. The van der Waals surface area contributed by atoms with Gasteiger partial charge in [-0.15, -0.1) is 11.3 Å². The van der Waals surface area contributed by atoms with Crippen LogP contribution in [0.2, 0.25) is 0 Å². The summed E-state index contributed by atoms with van der Waals surface area (Å²) in [6.45, 7) is 5.63. The van der Waals surface area contributed by atoms with Crippen molar-refractivity contribution in [2.45, 2.75) is 26.6 Å². The van der Waals surface area contributed by atoms with Crippen LogP contribution in [0, 0.1) is 6.92 Å². The molecular formula is C9H16N2OS. The van der Waals surface area contributed by atoms with Crippen LogP contribution >= 0.6 is 11.3 Å². The first-order valence-corrected chi connectivity index (χ1v) is 5.21. The molecule has 0 spiro atoms. The van der Waals surface area contributed by atoms with Crippen LogP contribution in [-0.2, 0) is 11.3 Å². The van der Waals surface area contributed by atoms with Crippen LogP contribution in [-0.4, -0.2) is 24.7 Å². The summed E-state index contributed by atoms with van der Waals surface area (Å²) in [5, 5.41) is 4.17. The van der Waals surface area contributed by atoms with Crippen LogP contribution in [0.1, 0.15) is 16.8 Å². The molecule has 0 saturated heterocycles. The summed E-state index contributed by atoms with van der Waals surface area (Å²) in [5.41, 5.74) is 0. The highest BCUT2D eigenvalue weighted by atomic mass is 32.1. The Morgan fingerprint density at radius 1 is 1.69 bits per heavy atom. The molecule has 1 aromatic rings. The van der Waals surface area contributed by atoms with Crippen LogP contribution in [0.3, 0.4) is 0 Å². The Bertz CT molecular complexity index is 250. The van der Waals surface area contributed by atoms with E-state index in [0.29, 0.717) is 6.61 Å². The summed E-state index contributed by atoms with van der Waals surface area (Å²) >= 11 is 1.69. The molecule has 3 nitrogen and oxygen atoms in total. The molecule has 1 unspecified atom stereocenters. The van der Waals surface area contributed by atoms with Gasteiger partial charge in [0.05, 0.1) is 22.6 Å². The molecule has 1 heterocycles. The van der Waals surface area contributed by atoms with E-state index in [2.05, 4.69) is 17.2 Å². The summed E-state index contributed by atoms with van der Waals surface area (Å²) < 4.78 is 5.59. The van der Waals surface area contributed by atoms with Gasteiger partial charge in [0.2, 0.25) is 0 Å². The van der Waals surface area contributed by atoms with E-state index in [1.807, 2.05) is 20.2 Å². The Morgan fingerprint density at radius 3 is 3.00 bits per heavy atom. The Labute approximate surface area is 83.1 Å². The number of likely N-dealkylation sites (N-methyl/N-ethyl adjacent to an activating group) is 1. The summed E-state index contributed by atoms with van der Waals surface area (Å²) in [7, 11) is 1.93. The van der Waals surface area contributed by atoms with E-state index in [0.717, 1.165) is 11.6 Å². The van der Waals surface area contributed by atoms with E-state index in [-0.39, 0.29) is 6.10 Å². The van der Waals surface area contributed by atoms with Gasteiger partial charge < -0.3 is 10.1 Å². The molecule has 4 heteroatoms. The van der Waals surface area contributed by atoms with Crippen molar-refractivity contribution in [1.82, 2.24) is 10.3 Å². The Kier molecular flexibility index (Phi) is 4.35. The molecule has 0 radical (unpaired) electrons. The molecule has 0 saturated carbocycles. The molecule has 0 bridgehead atoms. The number of ether oxygens (including phenoxy) is 1. The quantitative estimate of drug-likeness (QED) is 0.783. The fraction of sp³-hybridized carbons (Fsp3) is 0.667. The number of rotatable bonds is 5. The zero-order valence-corrected chi connectivity index (χ0v) is 9.15. The zero-order chi connectivity index (χ0) is 9.68. The maximum atomic E-state index is 5.59. The lowest BCUT2D eigenvalue weighted by atomic mass is 10.4. The molecule has 0 amide bonds. The molecule has 0 aliphatic heterocycles. The highest BCUT2D eigenvalue weighted by Crippen LogP contribution is 2.12. The van der Waals surface area contributed by atoms with Crippen molar-refractivity contribution in [3.63, 3.8) is 0 Å². The van der Waals surface area contributed by atoms with E-state index in [9.17, 15) is 0 Å². The Morgan fingerprint density at radius 2 is 2.46 bits per heavy atom. The monoisotopic (exact) mass is 200 g/mol. The first kappa shape index (κ1) is 10.6. The maximum absolute atomic E-state index is 5.59. The molecule has 0 aliphatic carbocycles. The van der Waals surface area contributed by atoms with E-state index in [1.165, 1.54) is 4.88 Å². The first-order valence-electron chi connectivity index (χ1n) is 4.40. The fourth-order valence-corrected chi connectivity index (χ4v) is 1.76. The van der Waals surface area contributed by atoms with Gasteiger partial charge in [0.1, 0.15) is 0 Å². The number of hydrogen-bond acceptors (Lipinski definition) is 4. The maximum Gasteiger partial charge on any atom is 0.0897 e. The largest absolute Gasteiger partial charge is 0.372 e. The normalized spacial score (nSPS) is 13.2. The van der Waals surface area contributed by atoms with Crippen molar-refractivity contribution in [2.24, 2.45) is 0 Å². The first-order chi connectivity index (χ1) is 6.22. The molecule has 0 aromatic carbocycles. The van der Waals surface area contributed by atoms with Gasteiger partial charge in [-0.1, -0.05) is 0 Å². The zero-order valence-electron chi connectivity index (χ0n) is 8.33. The van der Waals surface area contributed by atoms with Gasteiger partial charge in [-0.2, -0.15) is 0 Å². The lowest BCUT2D eigenvalue weighted by Gasteiger charge is -2.10. The standard InChI is InChI=1S/C9H16N2OS/c1-7(4-10-3)12-6-9-5-11-8(2)13-9/h5,7,10H,4,6H2,1-3H3. The minimum Gasteiger partial charge on any atom is -0.372 e. The average Bonchev–Trinajstić information content (AvgIpc) is 2.49. The van der Waals surface area contributed by atoms with E-state index >= 15 is 0 Å². The van der Waals surface area contributed by atoms with Gasteiger partial charge >= 0.3 is 0 Å². The van der Waals surface area contributed by atoms with Crippen molar-refractivity contribution < 1.29 is 4.74 Å². The predicted molar refractivity (Wildman–Crippen MR) is 55.0 cm³/mol. The molecule has 13 heavy (non-hydrogen) atoms. The third-order valence-corrected chi connectivity index (χ3v) is 2.56. The van der Waals surface area contributed by atoms with Gasteiger partial charge in [-0.3, -0.25) is 0 Å². The molecule has 0 aliphatic rings. The highest BCUT2D eigenvalue weighted by molar-refractivity contribution is 7.11. The summed E-state index contributed by atoms with van der Waals surface area (Å²) in [5.74, 6) is 0. The Balaban J connectivity index is 2.26. The third kappa shape index (κ3) is 3.85. The van der Waals surface area contributed by atoms with Gasteiger partial charge in [0.25, 0.3) is 0 Å². The predicted octanol–water partition coefficient (Wildman–Crippen LogP) is 1.58. The van der Waals surface area contributed by atoms with Gasteiger partial charge in [0.15, 0.2) is 0 Å². The molecule has 1 N–H and O–H groups in total. The second kappa shape index (κ2) is 5.32. The minimum atomic E-state index is 0.257. The molecular weight excluding hydrogens is 184 g/mol. The van der Waals surface area contributed by atoms with Crippen molar-refractivity contribution in [2.75, 3.05) is 13.6 Å². The fourth-order valence-electron chi connectivity index (χ4n) is 1.04. The van der Waals surface area contributed by atoms with Gasteiger partial charge in [-0.05, 0) is 20.9 Å². The number of hydrogen-bond donors (Lipinski definition) is 1. The molecule has 1 rings (SSSR count). The van der Waals surface area contributed by atoms with Gasteiger partial charge in [-0.25, -0.2) is 4.98 Å². The number of nitrogens with one attached hydrogen (secondary N) is 1. The van der Waals surface area contributed by atoms with Crippen molar-refractivity contribution in [3.05, 3.63) is 16.1 Å². The lowest BCUT2D eigenvalue weighted by Crippen LogP contribution is -2.23. The summed E-state index contributed by atoms with van der Waals surface area (Å²) in [6, 6.07) is 0. The molecule has 1 atom stereocenters. The summed E-state index contributed by atoms with van der Waals surface area (Å²) in [6.07, 6.45) is 2.14. The Hall–Kier alpha value is -0.450. The topological polar surface area (TPSA) is 34.1 Å². The van der Waals surface area contributed by atoms with Crippen molar-refractivity contribution in [1.29, 1.82) is 0 Å². The number of aryl methyl sites for hydroxylation is 1. The third-order valence-electron chi connectivity index (χ3n) is 1.67. The van der Waals surface area contributed by atoms with E-state index in [1.54, 1.807) is 11.3 Å². The molecule has 74 valence electrons. The second-order valence-corrected chi connectivity index (χ2v) is 4.34. The van der Waals surface area contributed by atoms with Gasteiger partial charge in [0, 0.05) is 12.7 Å². The number of nitrogens with zero attached hydrogens (tertiary/aromatic N) is 1. The van der Waals surface area contributed by atoms with E-state index < -0.39 is 0 Å². The average molecular weight is 200 g/mol. The van der Waals surface area contributed by atoms with Crippen LogP contribution < -0.4 is 5.32 Å². The summed E-state index contributed by atoms with van der Waals surface area (Å²) in [4.78, 5) is 5.36. The second-order valence-electron chi connectivity index (χ2n) is 3.02. The van der Waals surface area contributed by atoms with Crippen molar-refractivity contribution >= 4 is 11.3 Å². The minimum absolute atomic E-state index is 0.257. The van der Waals surface area contributed by atoms with Crippen LogP contribution in [0.4, 0.5) is 0 Å². The van der Waals surface area contributed by atoms with Crippen molar-refractivity contribution in [3.8, 4) is 0 Å². The molecule has 1 aromatic heterocycles. The van der Waals surface area contributed by atoms with Crippen LogP contribution in [0.25, 0.3) is 0 Å². The van der Waals surface area contributed by atoms with Crippen LogP contribution in [0.5, 0.6) is 0 Å². The number of aromatic nitrogens is 1. The molecule has 0 fully saturated rings.